The molecule has 1 atom stereocenters. The lowest BCUT2D eigenvalue weighted by atomic mass is 10.1. The second-order valence-electron chi connectivity index (χ2n) is 6.49. The zero-order valence-electron chi connectivity index (χ0n) is 13.7. The van der Waals surface area contributed by atoms with E-state index in [4.69, 9.17) is 8.84 Å². The summed E-state index contributed by atoms with van der Waals surface area (Å²) in [5, 5.41) is 9.35. The van der Waals surface area contributed by atoms with E-state index in [0.717, 1.165) is 5.56 Å². The smallest absolute Gasteiger partial charge is 0.201 e. The van der Waals surface area contributed by atoms with Gasteiger partial charge in [0.2, 0.25) is 8.32 Å². The van der Waals surface area contributed by atoms with Gasteiger partial charge in [-0.3, -0.25) is 0 Å². The number of aliphatic hydroxyl groups is 1. The molecule has 1 aromatic heterocycles. The Hall–Kier alpha value is -0.583. The first-order valence-electron chi connectivity index (χ1n) is 7.67. The Morgan fingerprint density at radius 1 is 1.10 bits per heavy atom. The maximum Gasteiger partial charge on any atom is 0.201 e. The van der Waals surface area contributed by atoms with Crippen LogP contribution in [0.1, 0.15) is 59.6 Å². The van der Waals surface area contributed by atoms with E-state index in [-0.39, 0.29) is 12.7 Å². The van der Waals surface area contributed by atoms with Crippen molar-refractivity contribution in [1.82, 2.24) is 0 Å². The van der Waals surface area contributed by atoms with Crippen molar-refractivity contribution in [3.63, 3.8) is 0 Å². The Kier molecular flexibility index (Phi) is 6.49. The van der Waals surface area contributed by atoms with Crippen molar-refractivity contribution in [2.75, 3.05) is 6.61 Å². The highest BCUT2D eigenvalue weighted by atomic mass is 28.4. The summed E-state index contributed by atoms with van der Waals surface area (Å²) in [5.74, 6) is 0. The third kappa shape index (κ3) is 3.54. The minimum Gasteiger partial charge on any atom is -0.472 e. The molecule has 0 aliphatic rings. The standard InChI is InChI=1S/C16H30O3Si/c1-12(2)20(13(3)4,14(5)6)19-16(7-9-17)15-8-10-18-11-15/h8,10-14,16-17H,7,9H2,1-6H3. The number of furan rings is 1. The minimum absolute atomic E-state index is 0.0578. The molecule has 0 saturated carbocycles. The van der Waals surface area contributed by atoms with Crippen LogP contribution in [0.4, 0.5) is 0 Å². The fourth-order valence-electron chi connectivity index (χ4n) is 3.52. The molecular formula is C16H30O3Si. The lowest BCUT2D eigenvalue weighted by Crippen LogP contribution is -2.48. The third-order valence-electron chi connectivity index (χ3n) is 4.36. The maximum absolute atomic E-state index is 9.35. The largest absolute Gasteiger partial charge is 0.472 e. The van der Waals surface area contributed by atoms with Gasteiger partial charge in [0.1, 0.15) is 0 Å². The molecule has 0 spiro atoms. The monoisotopic (exact) mass is 298 g/mol. The zero-order valence-corrected chi connectivity index (χ0v) is 14.7. The molecule has 4 heteroatoms. The van der Waals surface area contributed by atoms with Gasteiger partial charge in [-0.1, -0.05) is 41.5 Å². The Bertz CT molecular complexity index is 349. The van der Waals surface area contributed by atoms with Gasteiger partial charge in [0.05, 0.1) is 18.6 Å². The van der Waals surface area contributed by atoms with Crippen LogP contribution in [0.5, 0.6) is 0 Å². The molecule has 0 bridgehead atoms. The van der Waals surface area contributed by atoms with Crippen LogP contribution >= 0.6 is 0 Å². The lowest BCUT2D eigenvalue weighted by molar-refractivity contribution is 0.135. The molecule has 20 heavy (non-hydrogen) atoms. The summed E-state index contributed by atoms with van der Waals surface area (Å²) >= 11 is 0. The summed E-state index contributed by atoms with van der Waals surface area (Å²) in [6, 6.07) is 1.94. The summed E-state index contributed by atoms with van der Waals surface area (Å²) in [6.07, 6.45) is 3.98. The van der Waals surface area contributed by atoms with Gasteiger partial charge >= 0.3 is 0 Å². The first-order chi connectivity index (χ1) is 9.36. The van der Waals surface area contributed by atoms with Gasteiger partial charge in [0, 0.05) is 12.2 Å². The van der Waals surface area contributed by atoms with E-state index in [1.807, 2.05) is 6.07 Å². The van der Waals surface area contributed by atoms with Crippen LogP contribution in [0.15, 0.2) is 23.0 Å². The van der Waals surface area contributed by atoms with Crippen LogP contribution in [0.2, 0.25) is 16.6 Å². The number of rotatable bonds is 8. The van der Waals surface area contributed by atoms with Gasteiger partial charge in [-0.15, -0.1) is 0 Å². The highest BCUT2D eigenvalue weighted by Gasteiger charge is 2.46. The number of hydrogen-bond acceptors (Lipinski definition) is 3. The van der Waals surface area contributed by atoms with E-state index >= 15 is 0 Å². The zero-order chi connectivity index (χ0) is 15.3. The Morgan fingerprint density at radius 3 is 2.00 bits per heavy atom. The summed E-state index contributed by atoms with van der Waals surface area (Å²) in [6.45, 7) is 13.8. The van der Waals surface area contributed by atoms with Crippen LogP contribution in [-0.4, -0.2) is 20.0 Å². The number of aliphatic hydroxyl groups excluding tert-OH is 1. The molecular weight excluding hydrogens is 268 g/mol. The fraction of sp³-hybridized carbons (Fsp3) is 0.750. The van der Waals surface area contributed by atoms with Gasteiger partial charge in [-0.2, -0.15) is 0 Å². The molecule has 0 aliphatic heterocycles. The molecule has 1 unspecified atom stereocenters. The topological polar surface area (TPSA) is 42.6 Å². The molecule has 0 aromatic carbocycles. The molecule has 0 aliphatic carbocycles. The van der Waals surface area contributed by atoms with E-state index in [0.29, 0.717) is 23.0 Å². The normalized spacial score (nSPS) is 14.5. The second kappa shape index (κ2) is 7.43. The van der Waals surface area contributed by atoms with E-state index in [2.05, 4.69) is 41.5 Å². The second-order valence-corrected chi connectivity index (χ2v) is 11.9. The first-order valence-corrected chi connectivity index (χ1v) is 9.81. The molecule has 1 heterocycles. The summed E-state index contributed by atoms with van der Waals surface area (Å²) in [7, 11) is -1.94. The van der Waals surface area contributed by atoms with Crippen molar-refractivity contribution in [3.8, 4) is 0 Å². The molecule has 0 fully saturated rings. The summed E-state index contributed by atoms with van der Waals surface area (Å²) in [5.41, 5.74) is 2.65. The van der Waals surface area contributed by atoms with Crippen molar-refractivity contribution in [1.29, 1.82) is 0 Å². The minimum atomic E-state index is -1.94. The predicted molar refractivity (Wildman–Crippen MR) is 85.3 cm³/mol. The van der Waals surface area contributed by atoms with Crippen LogP contribution < -0.4 is 0 Å². The van der Waals surface area contributed by atoms with E-state index in [9.17, 15) is 5.11 Å². The van der Waals surface area contributed by atoms with E-state index in [1.54, 1.807) is 12.5 Å². The van der Waals surface area contributed by atoms with Crippen LogP contribution in [0.25, 0.3) is 0 Å². The first kappa shape index (κ1) is 17.5. The Labute approximate surface area is 124 Å². The molecule has 0 radical (unpaired) electrons. The van der Waals surface area contributed by atoms with Crippen molar-refractivity contribution < 1.29 is 13.9 Å². The van der Waals surface area contributed by atoms with Crippen molar-refractivity contribution in [2.45, 2.75) is 70.7 Å². The summed E-state index contributed by atoms with van der Waals surface area (Å²) in [4.78, 5) is 0. The third-order valence-corrected chi connectivity index (χ3v) is 10.5. The molecule has 3 nitrogen and oxygen atoms in total. The molecule has 1 N–H and O–H groups in total. The maximum atomic E-state index is 9.35. The molecule has 0 amide bonds. The Balaban J connectivity index is 3.08. The van der Waals surface area contributed by atoms with Gasteiger partial charge in [0.25, 0.3) is 0 Å². The van der Waals surface area contributed by atoms with Crippen LogP contribution in [0, 0.1) is 0 Å². The molecule has 1 aromatic rings. The van der Waals surface area contributed by atoms with Crippen LogP contribution in [-0.2, 0) is 4.43 Å². The Morgan fingerprint density at radius 2 is 1.65 bits per heavy atom. The van der Waals surface area contributed by atoms with Crippen molar-refractivity contribution in [3.05, 3.63) is 24.2 Å². The summed E-state index contributed by atoms with van der Waals surface area (Å²) < 4.78 is 11.9. The average molecular weight is 298 g/mol. The van der Waals surface area contributed by atoms with E-state index < -0.39 is 8.32 Å². The van der Waals surface area contributed by atoms with Crippen molar-refractivity contribution in [2.24, 2.45) is 0 Å². The lowest BCUT2D eigenvalue weighted by Gasteiger charge is -2.44. The van der Waals surface area contributed by atoms with Gasteiger partial charge < -0.3 is 13.9 Å². The van der Waals surface area contributed by atoms with Crippen molar-refractivity contribution >= 4 is 8.32 Å². The fourth-order valence-corrected chi connectivity index (χ4v) is 9.09. The quantitative estimate of drug-likeness (QED) is 0.694. The van der Waals surface area contributed by atoms with Gasteiger partial charge in [-0.05, 0) is 29.1 Å². The predicted octanol–water partition coefficient (Wildman–Crippen LogP) is 4.90. The van der Waals surface area contributed by atoms with Crippen LogP contribution in [0.3, 0.4) is 0 Å². The number of hydrogen-bond donors (Lipinski definition) is 1. The highest BCUT2D eigenvalue weighted by Crippen LogP contribution is 2.45. The van der Waals surface area contributed by atoms with Gasteiger partial charge in [-0.25, -0.2) is 0 Å². The highest BCUT2D eigenvalue weighted by molar-refractivity contribution is 6.77. The molecule has 1 rings (SSSR count). The van der Waals surface area contributed by atoms with E-state index in [1.165, 1.54) is 0 Å². The SMILES string of the molecule is CC(C)[Si](OC(CCO)c1ccoc1)(C(C)C)C(C)C. The molecule has 116 valence electrons. The van der Waals surface area contributed by atoms with Gasteiger partial charge in [0.15, 0.2) is 0 Å². The average Bonchev–Trinajstić information content (AvgIpc) is 2.86. The molecule has 0 saturated heterocycles.